The number of aliphatic hydroxyl groups excluding tert-OH is 1. The lowest BCUT2D eigenvalue weighted by molar-refractivity contribution is -0.0723. The van der Waals surface area contributed by atoms with E-state index in [4.69, 9.17) is 10.5 Å². The van der Waals surface area contributed by atoms with Crippen LogP contribution in [-0.2, 0) is 4.74 Å². The fourth-order valence-corrected chi connectivity index (χ4v) is 2.91. The van der Waals surface area contributed by atoms with Gasteiger partial charge < -0.3 is 15.6 Å². The summed E-state index contributed by atoms with van der Waals surface area (Å²) >= 11 is 0. The molecule has 2 aliphatic rings. The molecule has 14 heavy (non-hydrogen) atoms. The van der Waals surface area contributed by atoms with Crippen LogP contribution < -0.4 is 5.73 Å². The van der Waals surface area contributed by atoms with E-state index in [-0.39, 0.29) is 17.6 Å². The highest BCUT2D eigenvalue weighted by atomic mass is 16.5. The Kier molecular flexibility index (Phi) is 3.10. The minimum absolute atomic E-state index is 0.0197. The normalized spacial score (nSPS) is 45.0. The third-order valence-electron chi connectivity index (χ3n) is 3.85. The van der Waals surface area contributed by atoms with Gasteiger partial charge in [-0.15, -0.1) is 0 Å². The van der Waals surface area contributed by atoms with Crippen LogP contribution in [0.15, 0.2) is 0 Å². The number of hydrogen-bond acceptors (Lipinski definition) is 3. The Morgan fingerprint density at radius 1 is 1.21 bits per heavy atom. The molecule has 1 saturated heterocycles. The van der Waals surface area contributed by atoms with Crippen molar-refractivity contribution < 1.29 is 9.84 Å². The van der Waals surface area contributed by atoms with Crippen LogP contribution in [0.1, 0.15) is 38.5 Å². The number of nitrogens with two attached hydrogens (primary N) is 1. The fourth-order valence-electron chi connectivity index (χ4n) is 2.91. The van der Waals surface area contributed by atoms with Crippen LogP contribution in [-0.4, -0.2) is 30.5 Å². The molecule has 3 nitrogen and oxygen atoms in total. The van der Waals surface area contributed by atoms with E-state index in [1.165, 1.54) is 6.42 Å². The van der Waals surface area contributed by atoms with E-state index in [9.17, 15) is 5.11 Å². The van der Waals surface area contributed by atoms with Crippen molar-refractivity contribution >= 4 is 0 Å². The van der Waals surface area contributed by atoms with Crippen molar-refractivity contribution in [3.63, 3.8) is 0 Å². The van der Waals surface area contributed by atoms with Gasteiger partial charge in [0.1, 0.15) is 0 Å². The van der Waals surface area contributed by atoms with Crippen molar-refractivity contribution in [1.82, 2.24) is 0 Å². The predicted molar refractivity (Wildman–Crippen MR) is 54.9 cm³/mol. The van der Waals surface area contributed by atoms with E-state index in [1.807, 2.05) is 0 Å². The van der Waals surface area contributed by atoms with Gasteiger partial charge in [-0.05, 0) is 25.7 Å². The zero-order chi connectivity index (χ0) is 10.0. The molecule has 0 unspecified atom stereocenters. The predicted octanol–water partition coefficient (Wildman–Crippen LogP) is 1.05. The highest BCUT2D eigenvalue weighted by Crippen LogP contribution is 2.41. The van der Waals surface area contributed by atoms with Crippen LogP contribution in [0.25, 0.3) is 0 Å². The first kappa shape index (κ1) is 10.4. The molecule has 0 amide bonds. The highest BCUT2D eigenvalue weighted by Gasteiger charge is 2.43. The van der Waals surface area contributed by atoms with Gasteiger partial charge in [0, 0.05) is 18.1 Å². The van der Waals surface area contributed by atoms with Gasteiger partial charge in [-0.3, -0.25) is 0 Å². The highest BCUT2D eigenvalue weighted by molar-refractivity contribution is 4.96. The van der Waals surface area contributed by atoms with Gasteiger partial charge in [0.25, 0.3) is 0 Å². The Morgan fingerprint density at radius 3 is 2.86 bits per heavy atom. The van der Waals surface area contributed by atoms with E-state index in [1.54, 1.807) is 0 Å². The summed E-state index contributed by atoms with van der Waals surface area (Å²) in [6, 6.07) is -0.0366. The topological polar surface area (TPSA) is 55.5 Å². The molecule has 0 aromatic heterocycles. The summed E-state index contributed by atoms with van der Waals surface area (Å²) < 4.78 is 5.59. The second-order valence-electron chi connectivity index (χ2n) is 4.87. The maximum atomic E-state index is 10.2. The average molecular weight is 199 g/mol. The van der Waals surface area contributed by atoms with Crippen molar-refractivity contribution in [2.24, 2.45) is 11.1 Å². The van der Waals surface area contributed by atoms with Crippen LogP contribution in [0.3, 0.4) is 0 Å². The molecule has 1 heterocycles. The third kappa shape index (κ3) is 1.81. The van der Waals surface area contributed by atoms with Crippen LogP contribution in [0, 0.1) is 5.41 Å². The number of hydrogen-bond donors (Lipinski definition) is 2. The first-order valence-corrected chi connectivity index (χ1v) is 5.76. The molecule has 0 aromatic carbocycles. The lowest BCUT2D eigenvalue weighted by Gasteiger charge is -2.43. The van der Waals surface area contributed by atoms with Crippen molar-refractivity contribution in [2.45, 2.75) is 50.7 Å². The van der Waals surface area contributed by atoms with Crippen LogP contribution in [0.5, 0.6) is 0 Å². The molecule has 3 N–H and O–H groups in total. The smallest absolute Gasteiger partial charge is 0.0769 e. The molecular formula is C11H21NO2. The molecule has 1 saturated carbocycles. The van der Waals surface area contributed by atoms with Crippen molar-refractivity contribution in [3.8, 4) is 0 Å². The largest absolute Gasteiger partial charge is 0.391 e. The Bertz CT molecular complexity index is 188. The maximum Gasteiger partial charge on any atom is 0.0769 e. The van der Waals surface area contributed by atoms with Crippen molar-refractivity contribution in [3.05, 3.63) is 0 Å². The molecule has 0 aromatic rings. The molecular weight excluding hydrogens is 178 g/mol. The Hall–Kier alpha value is -0.120. The molecule has 2 fully saturated rings. The van der Waals surface area contributed by atoms with Gasteiger partial charge in [-0.1, -0.05) is 12.8 Å². The van der Waals surface area contributed by atoms with Crippen molar-refractivity contribution in [1.29, 1.82) is 0 Å². The summed E-state index contributed by atoms with van der Waals surface area (Å²) in [7, 11) is 0. The molecule has 0 bridgehead atoms. The third-order valence-corrected chi connectivity index (χ3v) is 3.85. The van der Waals surface area contributed by atoms with E-state index in [2.05, 4.69) is 0 Å². The van der Waals surface area contributed by atoms with Gasteiger partial charge in [-0.2, -0.15) is 0 Å². The summed E-state index contributed by atoms with van der Waals surface area (Å²) in [4.78, 5) is 0. The standard InChI is InChI=1S/C11H21NO2/c12-9-4-3-6-11(10(9)13)5-1-2-7-14-8-11/h9-10,13H,1-8,12H2/t9-,10+,11+/m1/s1. The number of rotatable bonds is 0. The van der Waals surface area contributed by atoms with E-state index in [0.29, 0.717) is 6.61 Å². The van der Waals surface area contributed by atoms with Crippen LogP contribution in [0.2, 0.25) is 0 Å². The molecule has 82 valence electrons. The van der Waals surface area contributed by atoms with Gasteiger partial charge in [-0.25, -0.2) is 0 Å². The maximum absolute atomic E-state index is 10.2. The molecule has 3 heteroatoms. The summed E-state index contributed by atoms with van der Waals surface area (Å²) in [5, 5.41) is 10.2. The van der Waals surface area contributed by atoms with Crippen molar-refractivity contribution in [2.75, 3.05) is 13.2 Å². The summed E-state index contributed by atoms with van der Waals surface area (Å²) in [6.45, 7) is 1.56. The number of ether oxygens (including phenoxy) is 1. The average Bonchev–Trinajstić information content (AvgIpc) is 2.41. The Morgan fingerprint density at radius 2 is 2.00 bits per heavy atom. The zero-order valence-electron chi connectivity index (χ0n) is 8.74. The molecule has 1 aliphatic heterocycles. The summed E-state index contributed by atoms with van der Waals surface area (Å²) in [5.74, 6) is 0. The molecule has 0 radical (unpaired) electrons. The second kappa shape index (κ2) is 4.17. The quantitative estimate of drug-likeness (QED) is 0.613. The van der Waals surface area contributed by atoms with Gasteiger partial charge >= 0.3 is 0 Å². The molecule has 2 rings (SSSR count). The SMILES string of the molecule is N[C@@H]1CCC[C@]2(CCCCOC2)[C@H]1O. The first-order valence-electron chi connectivity index (χ1n) is 5.76. The summed E-state index contributed by atoms with van der Waals surface area (Å²) in [6.07, 6.45) is 6.22. The summed E-state index contributed by atoms with van der Waals surface area (Å²) in [5.41, 5.74) is 5.91. The lowest BCUT2D eigenvalue weighted by atomic mass is 9.68. The van der Waals surface area contributed by atoms with Gasteiger partial charge in [0.15, 0.2) is 0 Å². The second-order valence-corrected chi connectivity index (χ2v) is 4.87. The van der Waals surface area contributed by atoms with Gasteiger partial charge in [0.05, 0.1) is 12.7 Å². The molecule has 1 spiro atoms. The Balaban J connectivity index is 2.09. The van der Waals surface area contributed by atoms with E-state index < -0.39 is 0 Å². The van der Waals surface area contributed by atoms with E-state index in [0.717, 1.165) is 38.7 Å². The first-order chi connectivity index (χ1) is 6.75. The minimum atomic E-state index is -0.352. The van der Waals surface area contributed by atoms with E-state index >= 15 is 0 Å². The van der Waals surface area contributed by atoms with Gasteiger partial charge in [0.2, 0.25) is 0 Å². The van der Waals surface area contributed by atoms with Crippen LogP contribution >= 0.6 is 0 Å². The zero-order valence-corrected chi connectivity index (χ0v) is 8.74. The number of aliphatic hydroxyl groups is 1. The molecule has 3 atom stereocenters. The monoisotopic (exact) mass is 199 g/mol. The van der Waals surface area contributed by atoms with Crippen LogP contribution in [0.4, 0.5) is 0 Å². The molecule has 1 aliphatic carbocycles. The Labute approximate surface area is 85.6 Å². The fraction of sp³-hybridized carbons (Fsp3) is 1.00. The lowest BCUT2D eigenvalue weighted by Crippen LogP contribution is -2.52. The minimum Gasteiger partial charge on any atom is -0.391 e.